The molecule has 0 unspecified atom stereocenters. The van der Waals surface area contributed by atoms with Gasteiger partial charge in [0.1, 0.15) is 0 Å². The lowest BCUT2D eigenvalue weighted by atomic mass is 10.2. The summed E-state index contributed by atoms with van der Waals surface area (Å²) in [6.45, 7) is 0. The number of nitrogens with one attached hydrogen (secondary N) is 4. The van der Waals surface area contributed by atoms with Crippen LogP contribution in [0.2, 0.25) is 0 Å². The van der Waals surface area contributed by atoms with Crippen molar-refractivity contribution in [2.75, 3.05) is 30.6 Å². The highest BCUT2D eigenvalue weighted by atomic mass is 32.1. The predicted octanol–water partition coefficient (Wildman–Crippen LogP) is 1.37. The van der Waals surface area contributed by atoms with Crippen molar-refractivity contribution >= 4 is 63.9 Å². The fourth-order valence-corrected chi connectivity index (χ4v) is 1.76. The first-order chi connectivity index (χ1) is 10.8. The van der Waals surface area contributed by atoms with Gasteiger partial charge in [-0.15, -0.1) is 0 Å². The Bertz CT molecular complexity index is 638. The molecule has 11 heteroatoms. The molecule has 0 aliphatic heterocycles. The van der Waals surface area contributed by atoms with E-state index >= 15 is 0 Å². The predicted molar refractivity (Wildman–Crippen MR) is 94.4 cm³/mol. The minimum atomic E-state index is -0.719. The second kappa shape index (κ2) is 8.70. The average molecular weight is 357 g/mol. The number of nitrogen functional groups attached to an aromatic ring is 1. The van der Waals surface area contributed by atoms with Gasteiger partial charge in [-0.25, -0.2) is 9.59 Å². The Labute approximate surface area is 142 Å². The van der Waals surface area contributed by atoms with E-state index in [1.54, 1.807) is 18.2 Å². The molecule has 0 bridgehead atoms. The number of rotatable bonds is 2. The highest BCUT2D eigenvalue weighted by molar-refractivity contribution is 7.80. The van der Waals surface area contributed by atoms with Gasteiger partial charge >= 0.3 is 12.2 Å². The Kier molecular flexibility index (Phi) is 6.96. The number of ether oxygens (including phenoxy) is 2. The molecular formula is C12H15N5O4S2. The number of carbonyl (C=O) groups excluding carboxylic acids is 2. The van der Waals surface area contributed by atoms with E-state index in [2.05, 4.69) is 30.7 Å². The SMILES string of the molecule is COC(=O)NC(=S)Nc1ccc(N)cc1NC(=S)NC(=O)OC. The number of anilines is 3. The van der Waals surface area contributed by atoms with Gasteiger partial charge in [0.2, 0.25) is 0 Å². The Balaban J connectivity index is 2.84. The van der Waals surface area contributed by atoms with Gasteiger partial charge in [0.05, 0.1) is 25.6 Å². The summed E-state index contributed by atoms with van der Waals surface area (Å²) >= 11 is 9.94. The fourth-order valence-electron chi connectivity index (χ4n) is 1.37. The van der Waals surface area contributed by atoms with E-state index in [1.165, 1.54) is 14.2 Å². The van der Waals surface area contributed by atoms with Crippen LogP contribution < -0.4 is 27.0 Å². The maximum atomic E-state index is 11.1. The lowest BCUT2D eigenvalue weighted by molar-refractivity contribution is 0.176. The zero-order valence-corrected chi connectivity index (χ0v) is 13.9. The van der Waals surface area contributed by atoms with Crippen molar-refractivity contribution in [2.24, 2.45) is 0 Å². The van der Waals surface area contributed by atoms with Crippen molar-refractivity contribution in [3.8, 4) is 0 Å². The summed E-state index contributed by atoms with van der Waals surface area (Å²) in [6, 6.07) is 4.79. The average Bonchev–Trinajstić information content (AvgIpc) is 2.49. The number of benzene rings is 1. The van der Waals surface area contributed by atoms with Gasteiger partial charge in [-0.05, 0) is 42.6 Å². The normalized spacial score (nSPS) is 9.30. The van der Waals surface area contributed by atoms with Gasteiger partial charge < -0.3 is 25.8 Å². The molecule has 0 radical (unpaired) electrons. The molecule has 0 saturated heterocycles. The summed E-state index contributed by atoms with van der Waals surface area (Å²) in [5, 5.41) is 10.1. The maximum Gasteiger partial charge on any atom is 0.413 e. The minimum absolute atomic E-state index is 0.00246. The van der Waals surface area contributed by atoms with Gasteiger partial charge in [0, 0.05) is 5.69 Å². The first kappa shape index (κ1) is 18.4. The zero-order chi connectivity index (χ0) is 17.4. The van der Waals surface area contributed by atoms with E-state index < -0.39 is 12.2 Å². The monoisotopic (exact) mass is 357 g/mol. The van der Waals surface area contributed by atoms with E-state index in [0.29, 0.717) is 17.1 Å². The van der Waals surface area contributed by atoms with Crippen LogP contribution in [-0.2, 0) is 9.47 Å². The van der Waals surface area contributed by atoms with Crippen LogP contribution in [0.4, 0.5) is 26.7 Å². The lowest BCUT2D eigenvalue weighted by Gasteiger charge is -2.15. The van der Waals surface area contributed by atoms with E-state index in [-0.39, 0.29) is 10.2 Å². The van der Waals surface area contributed by atoms with Crippen LogP contribution >= 0.6 is 24.4 Å². The number of thiocarbonyl (C=S) groups is 2. The van der Waals surface area contributed by atoms with Crippen LogP contribution in [0.5, 0.6) is 0 Å². The van der Waals surface area contributed by atoms with Crippen molar-refractivity contribution < 1.29 is 19.1 Å². The lowest BCUT2D eigenvalue weighted by Crippen LogP contribution is -2.35. The minimum Gasteiger partial charge on any atom is -0.453 e. The molecule has 0 aromatic heterocycles. The molecular weight excluding hydrogens is 342 g/mol. The first-order valence-corrected chi connectivity index (χ1v) is 6.88. The zero-order valence-electron chi connectivity index (χ0n) is 12.3. The van der Waals surface area contributed by atoms with Crippen LogP contribution in [0, 0.1) is 0 Å². The Morgan fingerprint density at radius 2 is 1.43 bits per heavy atom. The smallest absolute Gasteiger partial charge is 0.413 e. The third-order valence-electron chi connectivity index (χ3n) is 2.34. The van der Waals surface area contributed by atoms with Crippen molar-refractivity contribution in [2.45, 2.75) is 0 Å². The molecule has 0 saturated carbocycles. The maximum absolute atomic E-state index is 11.1. The van der Waals surface area contributed by atoms with Crippen LogP contribution in [0.25, 0.3) is 0 Å². The molecule has 1 rings (SSSR count). The van der Waals surface area contributed by atoms with Crippen LogP contribution in [-0.4, -0.2) is 36.6 Å². The number of hydrogen-bond acceptors (Lipinski definition) is 7. The standard InChI is InChI=1S/C12H15N5O4S2/c1-20-11(18)16-9(22)14-7-4-3-6(13)5-8(7)15-10(23)17-12(19)21-2/h3-5H,13H2,1-2H3,(H2,14,16,18,22)(H2,15,17,19,23). The summed E-state index contributed by atoms with van der Waals surface area (Å²) in [5.41, 5.74) is 7.07. The highest BCUT2D eigenvalue weighted by Crippen LogP contribution is 2.24. The number of alkyl carbamates (subject to hydrolysis) is 2. The van der Waals surface area contributed by atoms with E-state index in [9.17, 15) is 9.59 Å². The van der Waals surface area contributed by atoms with Gasteiger partial charge in [-0.1, -0.05) is 0 Å². The molecule has 1 aromatic carbocycles. The van der Waals surface area contributed by atoms with Gasteiger partial charge in [-0.3, -0.25) is 10.6 Å². The largest absolute Gasteiger partial charge is 0.453 e. The van der Waals surface area contributed by atoms with Gasteiger partial charge in [-0.2, -0.15) is 0 Å². The quantitative estimate of drug-likeness (QED) is 0.394. The molecule has 0 spiro atoms. The number of amides is 2. The Morgan fingerprint density at radius 1 is 0.957 bits per heavy atom. The van der Waals surface area contributed by atoms with Crippen LogP contribution in [0.1, 0.15) is 0 Å². The summed E-state index contributed by atoms with van der Waals surface area (Å²) in [4.78, 5) is 22.2. The Morgan fingerprint density at radius 3 is 1.91 bits per heavy atom. The third-order valence-corrected chi connectivity index (χ3v) is 2.75. The number of nitrogens with two attached hydrogens (primary N) is 1. The van der Waals surface area contributed by atoms with Crippen molar-refractivity contribution in [1.29, 1.82) is 0 Å². The molecule has 0 fully saturated rings. The first-order valence-electron chi connectivity index (χ1n) is 6.07. The molecule has 23 heavy (non-hydrogen) atoms. The Hall–Kier alpha value is -2.66. The second-order valence-corrected chi connectivity index (χ2v) is 4.76. The number of hydrogen-bond donors (Lipinski definition) is 5. The number of methoxy groups -OCH3 is 2. The highest BCUT2D eigenvalue weighted by Gasteiger charge is 2.10. The molecule has 0 aliphatic rings. The molecule has 0 aliphatic carbocycles. The summed E-state index contributed by atoms with van der Waals surface area (Å²) in [6.07, 6.45) is -1.43. The number of carbonyl (C=O) groups is 2. The van der Waals surface area contributed by atoms with Crippen molar-refractivity contribution in [3.63, 3.8) is 0 Å². The van der Waals surface area contributed by atoms with Crippen molar-refractivity contribution in [3.05, 3.63) is 18.2 Å². The summed E-state index contributed by atoms with van der Waals surface area (Å²) < 4.78 is 8.87. The topological polar surface area (TPSA) is 127 Å². The molecule has 124 valence electrons. The molecule has 9 nitrogen and oxygen atoms in total. The van der Waals surface area contributed by atoms with Crippen LogP contribution in [0.15, 0.2) is 18.2 Å². The van der Waals surface area contributed by atoms with Gasteiger partial charge in [0.15, 0.2) is 10.2 Å². The molecule has 0 heterocycles. The van der Waals surface area contributed by atoms with E-state index in [0.717, 1.165) is 0 Å². The fraction of sp³-hybridized carbons (Fsp3) is 0.167. The van der Waals surface area contributed by atoms with Crippen LogP contribution in [0.3, 0.4) is 0 Å². The van der Waals surface area contributed by atoms with Crippen molar-refractivity contribution in [1.82, 2.24) is 10.6 Å². The van der Waals surface area contributed by atoms with E-state index in [1.807, 2.05) is 0 Å². The molecule has 2 amide bonds. The summed E-state index contributed by atoms with van der Waals surface area (Å²) in [5.74, 6) is 0. The van der Waals surface area contributed by atoms with Gasteiger partial charge in [0.25, 0.3) is 0 Å². The van der Waals surface area contributed by atoms with E-state index in [4.69, 9.17) is 30.2 Å². The molecule has 1 aromatic rings. The molecule has 0 atom stereocenters. The third kappa shape index (κ3) is 6.32. The molecule has 6 N–H and O–H groups in total. The summed E-state index contributed by atoms with van der Waals surface area (Å²) in [7, 11) is 2.42. The second-order valence-electron chi connectivity index (χ2n) is 3.95.